The van der Waals surface area contributed by atoms with Gasteiger partial charge < -0.3 is 10.1 Å². The van der Waals surface area contributed by atoms with Crippen LogP contribution in [0.2, 0.25) is 0 Å². The molecular formula is C19H20N6O2. The molecule has 138 valence electrons. The highest BCUT2D eigenvalue weighted by atomic mass is 16.5. The highest BCUT2D eigenvalue weighted by molar-refractivity contribution is 5.93. The van der Waals surface area contributed by atoms with Gasteiger partial charge in [0.2, 0.25) is 0 Å². The van der Waals surface area contributed by atoms with E-state index in [-0.39, 0.29) is 18.1 Å². The van der Waals surface area contributed by atoms with Crippen molar-refractivity contribution in [2.75, 3.05) is 0 Å². The highest BCUT2D eigenvalue weighted by Crippen LogP contribution is 2.26. The monoisotopic (exact) mass is 364 g/mol. The second-order valence-electron chi connectivity index (χ2n) is 6.70. The molecule has 0 saturated heterocycles. The number of hydrogen-bond donors (Lipinski definition) is 1. The Hall–Kier alpha value is -3.34. The second-order valence-corrected chi connectivity index (χ2v) is 6.70. The summed E-state index contributed by atoms with van der Waals surface area (Å²) >= 11 is 0. The topological polar surface area (TPSA) is 86.3 Å². The number of carbonyl (C=O) groups is 1. The van der Waals surface area contributed by atoms with Crippen LogP contribution in [0.5, 0.6) is 6.01 Å². The fourth-order valence-corrected chi connectivity index (χ4v) is 3.44. The Morgan fingerprint density at radius 1 is 1.44 bits per heavy atom. The summed E-state index contributed by atoms with van der Waals surface area (Å²) in [4.78, 5) is 20.5. The lowest BCUT2D eigenvalue weighted by atomic mass is 9.93. The molecule has 0 aliphatic heterocycles. The minimum Gasteiger partial charge on any atom is -0.461 e. The fourth-order valence-electron chi connectivity index (χ4n) is 3.44. The lowest BCUT2D eigenvalue weighted by molar-refractivity contribution is -0.116. The average Bonchev–Trinajstić information content (AvgIpc) is 3.30. The van der Waals surface area contributed by atoms with Crippen molar-refractivity contribution in [2.45, 2.75) is 37.8 Å². The first kappa shape index (κ1) is 17.1. The number of nitrogens with zero attached hydrogens (tertiary/aromatic N) is 5. The van der Waals surface area contributed by atoms with Crippen LogP contribution in [-0.4, -0.2) is 42.2 Å². The molecule has 1 saturated carbocycles. The molecule has 1 aliphatic rings. The Kier molecular flexibility index (Phi) is 4.50. The number of carbonyl (C=O) groups excluding carboxylic acids is 1. The molecule has 2 atom stereocenters. The van der Waals surface area contributed by atoms with Gasteiger partial charge in [0, 0.05) is 49.7 Å². The van der Waals surface area contributed by atoms with Crippen molar-refractivity contribution in [3.8, 4) is 29.6 Å². The van der Waals surface area contributed by atoms with Crippen LogP contribution in [0.4, 0.5) is 0 Å². The number of nitrogens with one attached hydrogen (secondary N) is 1. The zero-order chi connectivity index (χ0) is 18.8. The van der Waals surface area contributed by atoms with Crippen molar-refractivity contribution < 1.29 is 9.53 Å². The maximum absolute atomic E-state index is 11.5. The van der Waals surface area contributed by atoms with E-state index in [4.69, 9.17) is 11.2 Å². The van der Waals surface area contributed by atoms with E-state index in [0.717, 1.165) is 36.2 Å². The smallest absolute Gasteiger partial charge is 0.303 e. The molecular weight excluding hydrogens is 344 g/mol. The quantitative estimate of drug-likeness (QED) is 0.710. The molecule has 0 bridgehead atoms. The van der Waals surface area contributed by atoms with Crippen molar-refractivity contribution in [3.05, 3.63) is 30.9 Å². The van der Waals surface area contributed by atoms with Crippen molar-refractivity contribution >= 4 is 11.6 Å². The van der Waals surface area contributed by atoms with Gasteiger partial charge >= 0.3 is 6.01 Å². The van der Waals surface area contributed by atoms with Gasteiger partial charge in [0.1, 0.15) is 11.8 Å². The number of terminal acetylenes is 1. The molecule has 3 aromatic heterocycles. The predicted molar refractivity (Wildman–Crippen MR) is 98.8 cm³/mol. The van der Waals surface area contributed by atoms with E-state index in [1.807, 2.05) is 29.9 Å². The summed E-state index contributed by atoms with van der Waals surface area (Å²) in [6, 6.07) is 2.41. The van der Waals surface area contributed by atoms with Gasteiger partial charge in [-0.1, -0.05) is 0 Å². The van der Waals surface area contributed by atoms with Gasteiger partial charge in [0.25, 0.3) is 5.91 Å². The number of aromatic nitrogens is 5. The van der Waals surface area contributed by atoms with Crippen molar-refractivity contribution in [1.29, 1.82) is 0 Å². The molecule has 0 radical (unpaired) electrons. The van der Waals surface area contributed by atoms with Crippen LogP contribution in [0.25, 0.3) is 16.9 Å². The van der Waals surface area contributed by atoms with Crippen LogP contribution in [0.3, 0.4) is 0 Å². The summed E-state index contributed by atoms with van der Waals surface area (Å²) in [7, 11) is 1.86. The first-order valence-corrected chi connectivity index (χ1v) is 8.89. The Morgan fingerprint density at radius 2 is 2.33 bits per heavy atom. The lowest BCUT2D eigenvalue weighted by Gasteiger charge is -2.29. The number of ether oxygens (including phenoxy) is 1. The molecule has 4 rings (SSSR count). The first-order valence-electron chi connectivity index (χ1n) is 8.89. The summed E-state index contributed by atoms with van der Waals surface area (Å²) in [5.74, 6) is 1.72. The zero-order valence-electron chi connectivity index (χ0n) is 15.0. The number of rotatable bonds is 4. The normalized spacial score (nSPS) is 19.6. The summed E-state index contributed by atoms with van der Waals surface area (Å²) in [5.41, 5.74) is 2.41. The molecule has 8 heteroatoms. The van der Waals surface area contributed by atoms with Gasteiger partial charge in [-0.05, 0) is 25.2 Å². The molecule has 3 heterocycles. The van der Waals surface area contributed by atoms with Gasteiger partial charge in [-0.3, -0.25) is 13.9 Å². The van der Waals surface area contributed by atoms with Crippen molar-refractivity contribution in [2.24, 2.45) is 7.05 Å². The van der Waals surface area contributed by atoms with E-state index >= 15 is 0 Å². The minimum absolute atomic E-state index is 0.0204. The van der Waals surface area contributed by atoms with Gasteiger partial charge in [0.05, 0.1) is 11.9 Å². The first-order chi connectivity index (χ1) is 13.1. The maximum Gasteiger partial charge on any atom is 0.303 e. The largest absolute Gasteiger partial charge is 0.461 e. The predicted octanol–water partition coefficient (Wildman–Crippen LogP) is 1.57. The van der Waals surface area contributed by atoms with Crippen LogP contribution in [0.1, 0.15) is 25.7 Å². The van der Waals surface area contributed by atoms with Crippen LogP contribution < -0.4 is 10.1 Å². The lowest BCUT2D eigenvalue weighted by Crippen LogP contribution is -2.40. The van der Waals surface area contributed by atoms with E-state index in [1.165, 1.54) is 0 Å². The molecule has 1 aliphatic carbocycles. The van der Waals surface area contributed by atoms with Crippen LogP contribution in [0, 0.1) is 12.3 Å². The third-order valence-corrected chi connectivity index (χ3v) is 4.72. The third kappa shape index (κ3) is 3.62. The Labute approximate surface area is 156 Å². The van der Waals surface area contributed by atoms with Crippen molar-refractivity contribution in [1.82, 2.24) is 29.5 Å². The molecule has 1 fully saturated rings. The van der Waals surface area contributed by atoms with Gasteiger partial charge in [-0.2, -0.15) is 10.1 Å². The number of aryl methyl sites for hydroxylation is 1. The Balaban J connectivity index is 1.58. The number of hydrogen-bond acceptors (Lipinski definition) is 5. The Bertz CT molecular complexity index is 1010. The minimum atomic E-state index is -0.380. The fraction of sp³-hybridized carbons (Fsp3) is 0.368. The molecule has 8 nitrogen and oxygen atoms in total. The van der Waals surface area contributed by atoms with E-state index in [1.54, 1.807) is 17.1 Å². The van der Waals surface area contributed by atoms with Gasteiger partial charge in [-0.15, -0.1) is 6.42 Å². The van der Waals surface area contributed by atoms with E-state index in [2.05, 4.69) is 26.3 Å². The van der Waals surface area contributed by atoms with E-state index < -0.39 is 0 Å². The highest BCUT2D eigenvalue weighted by Gasteiger charge is 2.25. The average molecular weight is 364 g/mol. The number of imidazole rings is 1. The van der Waals surface area contributed by atoms with E-state index in [9.17, 15) is 4.79 Å². The van der Waals surface area contributed by atoms with Crippen LogP contribution in [-0.2, 0) is 11.8 Å². The molecule has 0 spiro atoms. The maximum atomic E-state index is 11.5. The van der Waals surface area contributed by atoms with Gasteiger partial charge in [-0.25, -0.2) is 4.98 Å². The SMILES string of the molecule is C#CC(=O)NC1CCCC(Oc2nc(-c3cnn(C)c3)cc3nccn23)C1. The molecule has 1 N–H and O–H groups in total. The second kappa shape index (κ2) is 7.11. The van der Waals surface area contributed by atoms with Crippen LogP contribution in [0.15, 0.2) is 30.9 Å². The van der Waals surface area contributed by atoms with Gasteiger partial charge in [0.15, 0.2) is 0 Å². The summed E-state index contributed by atoms with van der Waals surface area (Å²) in [5, 5.41) is 7.05. The zero-order valence-corrected chi connectivity index (χ0v) is 15.0. The Morgan fingerprint density at radius 3 is 3.11 bits per heavy atom. The summed E-state index contributed by atoms with van der Waals surface area (Å²) < 4.78 is 9.78. The van der Waals surface area contributed by atoms with Crippen molar-refractivity contribution in [3.63, 3.8) is 0 Å². The molecule has 1 amide bonds. The molecule has 0 aromatic carbocycles. The molecule has 2 unspecified atom stereocenters. The summed E-state index contributed by atoms with van der Waals surface area (Å²) in [6.07, 6.45) is 15.8. The van der Waals surface area contributed by atoms with Crippen LogP contribution >= 0.6 is 0 Å². The number of amides is 1. The molecule has 3 aromatic rings. The third-order valence-electron chi connectivity index (χ3n) is 4.72. The standard InChI is InChI=1S/C19H20N6O2/c1-3-18(26)22-14-5-4-6-15(9-14)27-19-23-16(13-11-21-24(2)12-13)10-17-20-7-8-25(17)19/h1,7-8,10-12,14-15H,4-6,9H2,2H3,(H,22,26). The summed E-state index contributed by atoms with van der Waals surface area (Å²) in [6.45, 7) is 0. The molecule has 27 heavy (non-hydrogen) atoms. The van der Waals surface area contributed by atoms with E-state index in [0.29, 0.717) is 12.4 Å². The number of fused-ring (bicyclic) bond motifs is 1.